The number of hydrogen-bond donors (Lipinski definition) is 2. The number of aromatic nitrogens is 4. The molecule has 0 bridgehead atoms. The number of pyridine rings is 2. The van der Waals surface area contributed by atoms with Crippen LogP contribution >= 0.6 is 0 Å². The van der Waals surface area contributed by atoms with E-state index in [4.69, 9.17) is 14.2 Å². The van der Waals surface area contributed by atoms with Gasteiger partial charge in [0.15, 0.2) is 11.5 Å². The van der Waals surface area contributed by atoms with Crippen LogP contribution in [0.25, 0.3) is 11.4 Å². The van der Waals surface area contributed by atoms with E-state index in [9.17, 15) is 0 Å². The lowest BCUT2D eigenvalue weighted by Gasteiger charge is -2.21. The molecular weight excluding hydrogens is 408 g/mol. The van der Waals surface area contributed by atoms with E-state index in [1.54, 1.807) is 31.8 Å². The molecule has 4 heterocycles. The van der Waals surface area contributed by atoms with Crippen molar-refractivity contribution >= 4 is 23.1 Å². The van der Waals surface area contributed by atoms with E-state index < -0.39 is 0 Å². The van der Waals surface area contributed by atoms with Crippen molar-refractivity contribution in [1.82, 2.24) is 19.9 Å². The molecule has 32 heavy (non-hydrogen) atoms. The van der Waals surface area contributed by atoms with Crippen LogP contribution in [0.5, 0.6) is 17.2 Å². The van der Waals surface area contributed by atoms with Gasteiger partial charge in [-0.05, 0) is 30.3 Å². The maximum Gasteiger partial charge on any atom is 0.229 e. The van der Waals surface area contributed by atoms with Gasteiger partial charge in [0.2, 0.25) is 11.7 Å². The number of ether oxygens (including phenoxy) is 3. The summed E-state index contributed by atoms with van der Waals surface area (Å²) in [6.07, 6.45) is 5.14. The molecule has 0 unspecified atom stereocenters. The highest BCUT2D eigenvalue weighted by molar-refractivity contribution is 5.75. The fraction of sp³-hybridized carbons (Fsp3) is 0.130. The lowest BCUT2D eigenvalue weighted by atomic mass is 10.2. The van der Waals surface area contributed by atoms with Gasteiger partial charge in [-0.2, -0.15) is 4.98 Å². The number of hydrogen-bond acceptors (Lipinski definition) is 9. The van der Waals surface area contributed by atoms with Gasteiger partial charge in [0.05, 0.1) is 18.5 Å². The Balaban J connectivity index is 1.40. The first kappa shape index (κ1) is 19.6. The van der Waals surface area contributed by atoms with Gasteiger partial charge < -0.3 is 24.8 Å². The van der Waals surface area contributed by atoms with Gasteiger partial charge in [0.25, 0.3) is 0 Å². The molecule has 0 saturated heterocycles. The molecule has 1 aromatic carbocycles. The van der Waals surface area contributed by atoms with Crippen LogP contribution in [0, 0.1) is 0 Å². The van der Waals surface area contributed by atoms with Crippen LogP contribution in [0.15, 0.2) is 67.1 Å². The molecule has 4 aromatic rings. The van der Waals surface area contributed by atoms with Crippen molar-refractivity contribution in [3.05, 3.63) is 67.1 Å². The minimum atomic E-state index is 0.414. The predicted octanol–water partition coefficient (Wildman–Crippen LogP) is 4.20. The summed E-state index contributed by atoms with van der Waals surface area (Å²) in [4.78, 5) is 17.8. The molecule has 2 N–H and O–H groups in total. The van der Waals surface area contributed by atoms with E-state index in [-0.39, 0.29) is 0 Å². The second kappa shape index (κ2) is 8.76. The van der Waals surface area contributed by atoms with Crippen LogP contribution < -0.4 is 24.8 Å². The summed E-state index contributed by atoms with van der Waals surface area (Å²) in [7, 11) is 1.59. The van der Waals surface area contributed by atoms with Crippen LogP contribution in [0.1, 0.15) is 0 Å². The Morgan fingerprint density at radius 1 is 0.875 bits per heavy atom. The topological polar surface area (TPSA) is 103 Å². The van der Waals surface area contributed by atoms with Crippen LogP contribution in [-0.2, 0) is 0 Å². The largest absolute Gasteiger partial charge is 0.493 e. The van der Waals surface area contributed by atoms with Crippen molar-refractivity contribution in [3.8, 4) is 28.6 Å². The Morgan fingerprint density at radius 2 is 1.78 bits per heavy atom. The zero-order chi connectivity index (χ0) is 21.8. The first-order chi connectivity index (χ1) is 15.8. The summed E-state index contributed by atoms with van der Waals surface area (Å²) in [6.45, 7) is 0.973. The van der Waals surface area contributed by atoms with E-state index in [0.29, 0.717) is 42.2 Å². The smallest absolute Gasteiger partial charge is 0.229 e. The minimum absolute atomic E-state index is 0.414. The summed E-state index contributed by atoms with van der Waals surface area (Å²) in [5, 5.41) is 6.50. The van der Waals surface area contributed by atoms with Gasteiger partial charge >= 0.3 is 0 Å². The van der Waals surface area contributed by atoms with Crippen molar-refractivity contribution in [2.45, 2.75) is 0 Å². The molecule has 0 aliphatic carbocycles. The Labute approximate surface area is 184 Å². The lowest BCUT2D eigenvalue weighted by molar-refractivity contribution is 0.165. The van der Waals surface area contributed by atoms with Crippen LogP contribution in [0.3, 0.4) is 0 Å². The number of nitrogens with zero attached hydrogens (tertiary/aromatic N) is 4. The molecule has 3 aromatic heterocycles. The summed E-state index contributed by atoms with van der Waals surface area (Å²) in [6, 6.07) is 14.9. The van der Waals surface area contributed by atoms with Gasteiger partial charge in [0, 0.05) is 36.4 Å². The van der Waals surface area contributed by atoms with Gasteiger partial charge in [0.1, 0.15) is 24.7 Å². The highest BCUT2D eigenvalue weighted by Crippen LogP contribution is 2.42. The van der Waals surface area contributed by atoms with E-state index >= 15 is 0 Å². The second-order valence-electron chi connectivity index (χ2n) is 6.83. The van der Waals surface area contributed by atoms with Gasteiger partial charge in [-0.25, -0.2) is 4.98 Å². The third kappa shape index (κ3) is 4.08. The number of benzene rings is 1. The third-order valence-corrected chi connectivity index (χ3v) is 4.72. The first-order valence-corrected chi connectivity index (χ1v) is 10.0. The zero-order valence-electron chi connectivity index (χ0n) is 17.3. The Bertz CT molecular complexity index is 1220. The summed E-state index contributed by atoms with van der Waals surface area (Å²) >= 11 is 0. The molecule has 0 amide bonds. The predicted molar refractivity (Wildman–Crippen MR) is 120 cm³/mol. The van der Waals surface area contributed by atoms with Crippen molar-refractivity contribution in [2.24, 2.45) is 0 Å². The van der Waals surface area contributed by atoms with Crippen LogP contribution in [0.4, 0.5) is 23.1 Å². The van der Waals surface area contributed by atoms with Crippen LogP contribution in [0.2, 0.25) is 0 Å². The fourth-order valence-electron chi connectivity index (χ4n) is 3.31. The van der Waals surface area contributed by atoms with Crippen LogP contribution in [-0.4, -0.2) is 40.3 Å². The van der Waals surface area contributed by atoms with Crippen molar-refractivity contribution in [1.29, 1.82) is 0 Å². The Morgan fingerprint density at radius 3 is 2.66 bits per heavy atom. The van der Waals surface area contributed by atoms with E-state index in [0.717, 1.165) is 22.8 Å². The monoisotopic (exact) mass is 428 g/mol. The number of nitrogens with one attached hydrogen (secondary N) is 2. The average molecular weight is 428 g/mol. The minimum Gasteiger partial charge on any atom is -0.493 e. The molecule has 0 atom stereocenters. The maximum atomic E-state index is 5.69. The molecule has 9 nitrogen and oxygen atoms in total. The number of anilines is 4. The highest BCUT2D eigenvalue weighted by atomic mass is 16.6. The number of fused-ring (bicyclic) bond motifs is 1. The summed E-state index contributed by atoms with van der Waals surface area (Å²) in [5.41, 5.74) is 3.01. The fourth-order valence-corrected chi connectivity index (χ4v) is 3.31. The normalized spacial score (nSPS) is 12.2. The van der Waals surface area contributed by atoms with Crippen molar-refractivity contribution in [3.63, 3.8) is 0 Å². The Hall–Kier alpha value is -4.40. The molecule has 1 aliphatic heterocycles. The Kier molecular flexibility index (Phi) is 5.36. The zero-order valence-corrected chi connectivity index (χ0v) is 17.3. The molecule has 0 radical (unpaired) electrons. The number of rotatable bonds is 6. The first-order valence-electron chi connectivity index (χ1n) is 10.0. The maximum absolute atomic E-state index is 5.69. The van der Waals surface area contributed by atoms with E-state index in [2.05, 4.69) is 30.6 Å². The number of methoxy groups -OCH3 is 1. The molecule has 0 fully saturated rings. The van der Waals surface area contributed by atoms with E-state index in [1.165, 1.54) is 0 Å². The standard InChI is InChI=1S/C23H20N6O3/c1-30-18-13-15(14-19-22(18)32-12-11-31-19)27-23-26-10-7-20(29-23)28-17-6-4-9-25-21(17)16-5-2-3-8-24-16/h2-10,13-14H,11-12H2,1H3,(H2,26,27,28,29). The van der Waals surface area contributed by atoms with E-state index in [1.807, 2.05) is 42.5 Å². The second-order valence-corrected chi connectivity index (χ2v) is 6.83. The quantitative estimate of drug-likeness (QED) is 0.467. The molecule has 1 aliphatic rings. The average Bonchev–Trinajstić information content (AvgIpc) is 2.84. The SMILES string of the molecule is COc1cc(Nc2nccc(Nc3cccnc3-c3ccccn3)n2)cc2c1OCCO2. The summed E-state index contributed by atoms with van der Waals surface area (Å²) in [5.74, 6) is 2.81. The third-order valence-electron chi connectivity index (χ3n) is 4.72. The van der Waals surface area contributed by atoms with Gasteiger partial charge in [-0.1, -0.05) is 6.07 Å². The van der Waals surface area contributed by atoms with Gasteiger partial charge in [-0.15, -0.1) is 0 Å². The highest BCUT2D eigenvalue weighted by Gasteiger charge is 2.19. The molecular formula is C23H20N6O3. The molecule has 160 valence electrons. The van der Waals surface area contributed by atoms with Crippen molar-refractivity contribution in [2.75, 3.05) is 31.0 Å². The molecule has 0 spiro atoms. The summed E-state index contributed by atoms with van der Waals surface area (Å²) < 4.78 is 16.8. The molecule has 0 saturated carbocycles. The lowest BCUT2D eigenvalue weighted by Crippen LogP contribution is -2.16. The van der Waals surface area contributed by atoms with Crippen molar-refractivity contribution < 1.29 is 14.2 Å². The molecule has 5 rings (SSSR count). The molecule has 9 heteroatoms. The van der Waals surface area contributed by atoms with Gasteiger partial charge in [-0.3, -0.25) is 9.97 Å².